The molecule has 1 aromatic heterocycles. The number of nitrogens with zero attached hydrogens (tertiary/aromatic N) is 4. The number of hydrogen-bond donors (Lipinski definition) is 2. The van der Waals surface area contributed by atoms with Gasteiger partial charge in [-0.2, -0.15) is 0 Å². The lowest BCUT2D eigenvalue weighted by Gasteiger charge is -2.13. The molecule has 0 aliphatic heterocycles. The van der Waals surface area contributed by atoms with E-state index in [2.05, 4.69) is 25.8 Å². The first-order chi connectivity index (χ1) is 12.5. The molecule has 10 heteroatoms. The van der Waals surface area contributed by atoms with Crippen LogP contribution < -0.4 is 10.6 Å². The smallest absolute Gasteiger partial charge is 0.191 e. The maximum atomic E-state index is 6.22. The highest BCUT2D eigenvalue weighted by Gasteiger charge is 2.07. The minimum absolute atomic E-state index is 0. The van der Waals surface area contributed by atoms with Crippen molar-refractivity contribution < 1.29 is 4.74 Å². The third-order valence-electron chi connectivity index (χ3n) is 3.84. The Hall–Kier alpha value is -1.10. The summed E-state index contributed by atoms with van der Waals surface area (Å²) in [6, 6.07) is 5.40. The van der Waals surface area contributed by atoms with E-state index in [1.807, 2.05) is 24.6 Å². The van der Waals surface area contributed by atoms with Crippen LogP contribution in [-0.4, -0.2) is 41.0 Å². The van der Waals surface area contributed by atoms with Gasteiger partial charge in [0.2, 0.25) is 0 Å². The summed E-state index contributed by atoms with van der Waals surface area (Å²) in [7, 11) is 3.62. The van der Waals surface area contributed by atoms with E-state index in [1.54, 1.807) is 19.2 Å². The minimum atomic E-state index is 0. The molecule has 150 valence electrons. The summed E-state index contributed by atoms with van der Waals surface area (Å²) >= 11 is 12.2. The molecule has 0 aliphatic rings. The summed E-state index contributed by atoms with van der Waals surface area (Å²) in [6.45, 7) is 4.30. The second-order valence-corrected chi connectivity index (χ2v) is 6.59. The molecule has 0 fully saturated rings. The van der Waals surface area contributed by atoms with Crippen LogP contribution in [0.3, 0.4) is 0 Å². The molecule has 2 rings (SSSR count). The van der Waals surface area contributed by atoms with Gasteiger partial charge in [0.05, 0.1) is 13.1 Å². The van der Waals surface area contributed by atoms with E-state index < -0.39 is 0 Å². The monoisotopic (exact) mass is 526 g/mol. The Labute approximate surface area is 186 Å². The highest BCUT2D eigenvalue weighted by molar-refractivity contribution is 14.0. The molecule has 0 saturated carbocycles. The van der Waals surface area contributed by atoms with Crippen molar-refractivity contribution in [1.29, 1.82) is 0 Å². The van der Waals surface area contributed by atoms with Crippen molar-refractivity contribution in [2.75, 3.05) is 20.3 Å². The summed E-state index contributed by atoms with van der Waals surface area (Å²) in [5, 5.41) is 16.0. The first-order valence-corrected chi connectivity index (χ1v) is 9.06. The van der Waals surface area contributed by atoms with Crippen molar-refractivity contribution in [3.63, 3.8) is 0 Å². The Morgan fingerprint density at radius 3 is 2.67 bits per heavy atom. The fourth-order valence-corrected chi connectivity index (χ4v) is 2.65. The Kier molecular flexibility index (Phi) is 11.0. The largest absolute Gasteiger partial charge is 0.385 e. The number of ether oxygens (including phenoxy) is 1. The van der Waals surface area contributed by atoms with Crippen molar-refractivity contribution in [1.82, 2.24) is 25.4 Å². The number of methoxy groups -OCH3 is 1. The first-order valence-electron chi connectivity index (χ1n) is 8.31. The summed E-state index contributed by atoms with van der Waals surface area (Å²) in [5.41, 5.74) is 0.906. The lowest BCUT2D eigenvalue weighted by Crippen LogP contribution is -2.38. The summed E-state index contributed by atoms with van der Waals surface area (Å²) in [4.78, 5) is 4.60. The SMILES string of the molecule is COCCCNC(=NCc1ccc(Cl)cc1Cl)NCc1nnc(C)n1C.I. The number of aromatic nitrogens is 3. The van der Waals surface area contributed by atoms with Crippen LogP contribution in [0.2, 0.25) is 10.0 Å². The van der Waals surface area contributed by atoms with Crippen LogP contribution >= 0.6 is 47.2 Å². The highest BCUT2D eigenvalue weighted by Crippen LogP contribution is 2.21. The van der Waals surface area contributed by atoms with Crippen LogP contribution in [0.1, 0.15) is 23.6 Å². The zero-order valence-corrected chi connectivity index (χ0v) is 19.5. The maximum Gasteiger partial charge on any atom is 0.191 e. The van der Waals surface area contributed by atoms with Gasteiger partial charge in [-0.25, -0.2) is 4.99 Å². The van der Waals surface area contributed by atoms with Crippen LogP contribution in [0.4, 0.5) is 0 Å². The molecule has 2 N–H and O–H groups in total. The third-order valence-corrected chi connectivity index (χ3v) is 4.42. The lowest BCUT2D eigenvalue weighted by atomic mass is 10.2. The Bertz CT molecular complexity index is 753. The van der Waals surface area contributed by atoms with E-state index >= 15 is 0 Å². The molecule has 0 radical (unpaired) electrons. The molecular weight excluding hydrogens is 502 g/mol. The van der Waals surface area contributed by atoms with Crippen molar-refractivity contribution in [2.24, 2.45) is 12.0 Å². The molecule has 0 amide bonds. The van der Waals surface area contributed by atoms with Crippen molar-refractivity contribution >= 4 is 53.1 Å². The van der Waals surface area contributed by atoms with Crippen LogP contribution in [0, 0.1) is 6.92 Å². The number of nitrogens with one attached hydrogen (secondary N) is 2. The first kappa shape index (κ1) is 23.9. The van der Waals surface area contributed by atoms with E-state index in [-0.39, 0.29) is 24.0 Å². The number of rotatable bonds is 8. The van der Waals surface area contributed by atoms with E-state index in [4.69, 9.17) is 27.9 Å². The van der Waals surface area contributed by atoms with Crippen molar-refractivity contribution in [2.45, 2.75) is 26.4 Å². The molecule has 0 bridgehead atoms. The molecular formula is C17H25Cl2IN6O. The van der Waals surface area contributed by atoms with Gasteiger partial charge in [-0.05, 0) is 31.0 Å². The van der Waals surface area contributed by atoms with Gasteiger partial charge in [0, 0.05) is 37.4 Å². The van der Waals surface area contributed by atoms with E-state index in [0.29, 0.717) is 35.7 Å². The van der Waals surface area contributed by atoms with Crippen LogP contribution in [0.25, 0.3) is 0 Å². The molecule has 1 aromatic carbocycles. The number of aryl methyl sites for hydroxylation is 1. The average Bonchev–Trinajstić information content (AvgIpc) is 2.93. The maximum absolute atomic E-state index is 6.22. The van der Waals surface area contributed by atoms with Crippen LogP contribution in [0.5, 0.6) is 0 Å². The summed E-state index contributed by atoms with van der Waals surface area (Å²) < 4.78 is 7.01. The predicted molar refractivity (Wildman–Crippen MR) is 120 cm³/mol. The second-order valence-electron chi connectivity index (χ2n) is 5.75. The summed E-state index contributed by atoms with van der Waals surface area (Å²) in [5.74, 6) is 2.37. The standard InChI is InChI=1S/C17H24Cl2N6O.HI/c1-12-23-24-16(25(12)2)11-22-17(20-7-4-8-26-3)21-10-13-5-6-14(18)9-15(13)19;/h5-6,9H,4,7-8,10-11H2,1-3H3,(H2,20,21,22);1H. The Morgan fingerprint density at radius 2 is 2.04 bits per heavy atom. The topological polar surface area (TPSA) is 76.4 Å². The zero-order chi connectivity index (χ0) is 18.9. The van der Waals surface area contributed by atoms with Gasteiger partial charge in [0.15, 0.2) is 11.8 Å². The molecule has 0 unspecified atom stereocenters. The number of aliphatic imine (C=N–C) groups is 1. The normalized spacial score (nSPS) is 11.2. The third kappa shape index (κ3) is 7.81. The number of guanidine groups is 1. The number of halogens is 3. The van der Waals surface area contributed by atoms with Gasteiger partial charge >= 0.3 is 0 Å². The minimum Gasteiger partial charge on any atom is -0.385 e. The van der Waals surface area contributed by atoms with Crippen LogP contribution in [-0.2, 0) is 24.9 Å². The molecule has 0 spiro atoms. The fraction of sp³-hybridized carbons (Fsp3) is 0.471. The van der Waals surface area contributed by atoms with E-state index in [1.165, 1.54) is 0 Å². The number of hydrogen-bond acceptors (Lipinski definition) is 4. The Balaban J connectivity index is 0.00000364. The van der Waals surface area contributed by atoms with Gasteiger partial charge in [0.1, 0.15) is 5.82 Å². The molecule has 0 aliphatic carbocycles. The lowest BCUT2D eigenvalue weighted by molar-refractivity contribution is 0.195. The number of benzene rings is 1. The second kappa shape index (κ2) is 12.4. The average molecular weight is 527 g/mol. The fourth-order valence-electron chi connectivity index (χ4n) is 2.18. The molecule has 0 saturated heterocycles. The zero-order valence-electron chi connectivity index (χ0n) is 15.6. The van der Waals surface area contributed by atoms with Crippen LogP contribution in [0.15, 0.2) is 23.2 Å². The highest BCUT2D eigenvalue weighted by atomic mass is 127. The van der Waals surface area contributed by atoms with Gasteiger partial charge < -0.3 is 19.9 Å². The summed E-state index contributed by atoms with van der Waals surface area (Å²) in [6.07, 6.45) is 0.877. The molecule has 1 heterocycles. The van der Waals surface area contributed by atoms with Gasteiger partial charge in [0.25, 0.3) is 0 Å². The van der Waals surface area contributed by atoms with Crippen molar-refractivity contribution in [3.05, 3.63) is 45.5 Å². The van der Waals surface area contributed by atoms with Gasteiger partial charge in [-0.3, -0.25) is 0 Å². The predicted octanol–water partition coefficient (Wildman–Crippen LogP) is 3.32. The Morgan fingerprint density at radius 1 is 1.26 bits per heavy atom. The molecule has 7 nitrogen and oxygen atoms in total. The molecule has 2 aromatic rings. The molecule has 0 atom stereocenters. The van der Waals surface area contributed by atoms with E-state index in [0.717, 1.165) is 30.2 Å². The quantitative estimate of drug-likeness (QED) is 0.239. The van der Waals surface area contributed by atoms with Crippen molar-refractivity contribution in [3.8, 4) is 0 Å². The van der Waals surface area contributed by atoms with E-state index in [9.17, 15) is 0 Å². The van der Waals surface area contributed by atoms with Gasteiger partial charge in [-0.15, -0.1) is 34.2 Å². The molecule has 27 heavy (non-hydrogen) atoms. The van der Waals surface area contributed by atoms with Gasteiger partial charge in [-0.1, -0.05) is 29.3 Å².